The van der Waals surface area contributed by atoms with Crippen molar-refractivity contribution in [2.75, 3.05) is 17.7 Å². The first kappa shape index (κ1) is 22.2. The van der Waals surface area contributed by atoms with Gasteiger partial charge in [0.1, 0.15) is 10.9 Å². The Hall–Kier alpha value is -2.14. The van der Waals surface area contributed by atoms with Crippen molar-refractivity contribution in [3.8, 4) is 5.69 Å². The number of hydrogen-bond acceptors (Lipinski definition) is 5. The maximum absolute atomic E-state index is 12.6. The van der Waals surface area contributed by atoms with Crippen LogP contribution in [-0.2, 0) is 14.6 Å². The van der Waals surface area contributed by atoms with Crippen LogP contribution in [0.3, 0.4) is 0 Å². The molecule has 0 fully saturated rings. The maximum atomic E-state index is 12.6. The lowest BCUT2D eigenvalue weighted by Gasteiger charge is -2.20. The van der Waals surface area contributed by atoms with Crippen LogP contribution in [0.5, 0.6) is 0 Å². The van der Waals surface area contributed by atoms with E-state index in [1.54, 1.807) is 18.3 Å². The predicted octanol–water partition coefficient (Wildman–Crippen LogP) is 3.03. The number of hydrogen-bond donors (Lipinski definition) is 0. The van der Waals surface area contributed by atoms with Crippen LogP contribution in [0.15, 0.2) is 30.7 Å². The van der Waals surface area contributed by atoms with Crippen molar-refractivity contribution in [2.45, 2.75) is 31.2 Å². The average molecular weight is 439 g/mol. The lowest BCUT2D eigenvalue weighted by molar-refractivity contribution is -0.134. The van der Waals surface area contributed by atoms with Crippen LogP contribution in [0, 0.1) is 0 Å². The number of carbonyl (C=O) groups excluding carboxylic acids is 1. The summed E-state index contributed by atoms with van der Waals surface area (Å²) >= 11 is 6.07. The van der Waals surface area contributed by atoms with Gasteiger partial charge < -0.3 is 4.90 Å². The van der Waals surface area contributed by atoms with Crippen LogP contribution in [0.2, 0.25) is 5.15 Å². The van der Waals surface area contributed by atoms with Crippen molar-refractivity contribution < 1.29 is 26.4 Å². The number of sulfone groups is 1. The van der Waals surface area contributed by atoms with Gasteiger partial charge in [-0.1, -0.05) is 11.6 Å². The Kier molecular flexibility index (Phi) is 6.71. The molecule has 1 unspecified atom stereocenters. The largest absolute Gasteiger partial charge is 0.389 e. The number of alkyl halides is 3. The molecular formula is C16H18ClF3N4O3S. The van der Waals surface area contributed by atoms with Gasteiger partial charge in [-0.15, -0.1) is 0 Å². The van der Waals surface area contributed by atoms with Crippen molar-refractivity contribution in [1.82, 2.24) is 14.8 Å². The van der Waals surface area contributed by atoms with Gasteiger partial charge in [-0.3, -0.25) is 9.78 Å². The van der Waals surface area contributed by atoms with E-state index >= 15 is 0 Å². The van der Waals surface area contributed by atoms with Crippen LogP contribution < -0.4 is 4.90 Å². The van der Waals surface area contributed by atoms with Crippen LogP contribution in [0.25, 0.3) is 5.69 Å². The summed E-state index contributed by atoms with van der Waals surface area (Å²) in [6.07, 6.45) is -1.77. The van der Waals surface area contributed by atoms with Gasteiger partial charge in [0.05, 0.1) is 23.8 Å². The average Bonchev–Trinajstić information content (AvgIpc) is 3.01. The lowest BCUT2D eigenvalue weighted by Crippen LogP contribution is -2.40. The molecule has 0 bridgehead atoms. The Labute approximate surface area is 165 Å². The second-order valence-electron chi connectivity index (χ2n) is 6.09. The predicted molar refractivity (Wildman–Crippen MR) is 98.3 cm³/mol. The molecule has 2 heterocycles. The molecule has 0 N–H and O–H groups in total. The SMILES string of the molecule is CC(C(=O)N(C)c1cn(-c2cccnc2)nc1Cl)S(=O)(=O)CCCC(F)(F)F. The van der Waals surface area contributed by atoms with E-state index < -0.39 is 45.8 Å². The number of anilines is 1. The summed E-state index contributed by atoms with van der Waals surface area (Å²) in [7, 11) is -2.74. The van der Waals surface area contributed by atoms with Crippen LogP contribution >= 0.6 is 11.6 Å². The topological polar surface area (TPSA) is 85.2 Å². The van der Waals surface area contributed by atoms with E-state index in [9.17, 15) is 26.4 Å². The third-order valence-electron chi connectivity index (χ3n) is 4.03. The van der Waals surface area contributed by atoms with Gasteiger partial charge in [-0.2, -0.15) is 18.3 Å². The number of amides is 1. The normalized spacial score (nSPS) is 13.4. The van der Waals surface area contributed by atoms with E-state index in [-0.39, 0.29) is 10.8 Å². The van der Waals surface area contributed by atoms with Gasteiger partial charge in [-0.25, -0.2) is 13.1 Å². The molecular weight excluding hydrogens is 421 g/mol. The molecule has 0 spiro atoms. The Morgan fingerprint density at radius 2 is 2.07 bits per heavy atom. The third kappa shape index (κ3) is 5.44. The summed E-state index contributed by atoms with van der Waals surface area (Å²) in [6, 6.07) is 3.38. The lowest BCUT2D eigenvalue weighted by atomic mass is 10.3. The van der Waals surface area contributed by atoms with Crippen molar-refractivity contribution in [3.05, 3.63) is 35.9 Å². The van der Waals surface area contributed by atoms with Crippen molar-refractivity contribution in [2.24, 2.45) is 0 Å². The minimum absolute atomic E-state index is 0.0404. The molecule has 1 amide bonds. The van der Waals surface area contributed by atoms with Gasteiger partial charge >= 0.3 is 6.18 Å². The molecule has 0 saturated carbocycles. The van der Waals surface area contributed by atoms with Crippen molar-refractivity contribution in [3.63, 3.8) is 0 Å². The first-order chi connectivity index (χ1) is 12.9. The second kappa shape index (κ2) is 8.48. The first-order valence-corrected chi connectivity index (χ1v) is 10.2. The van der Waals surface area contributed by atoms with Crippen molar-refractivity contribution >= 4 is 33.0 Å². The zero-order chi connectivity index (χ0) is 21.1. The van der Waals surface area contributed by atoms with E-state index in [0.29, 0.717) is 5.69 Å². The standard InChI is InChI=1S/C16H18ClF3N4O3S/c1-11(28(26,27)8-4-6-16(18,19)20)15(25)23(2)13-10-24(22-14(13)17)12-5-3-7-21-9-12/h3,5,7,9-11H,4,6,8H2,1-2H3. The Morgan fingerprint density at radius 3 is 2.64 bits per heavy atom. The molecule has 0 aromatic carbocycles. The summed E-state index contributed by atoms with van der Waals surface area (Å²) < 4.78 is 62.5. The van der Waals surface area contributed by atoms with E-state index in [4.69, 9.17) is 11.6 Å². The fraction of sp³-hybridized carbons (Fsp3) is 0.438. The Morgan fingerprint density at radius 1 is 1.39 bits per heavy atom. The molecule has 0 aliphatic heterocycles. The van der Waals surface area contributed by atoms with Gasteiger partial charge in [0, 0.05) is 19.7 Å². The van der Waals surface area contributed by atoms with E-state index in [2.05, 4.69) is 10.1 Å². The zero-order valence-corrected chi connectivity index (χ0v) is 16.6. The van der Waals surface area contributed by atoms with E-state index in [0.717, 1.165) is 11.8 Å². The number of carbonyl (C=O) groups is 1. The second-order valence-corrected chi connectivity index (χ2v) is 8.89. The summed E-state index contributed by atoms with van der Waals surface area (Å²) in [5, 5.41) is 2.49. The highest BCUT2D eigenvalue weighted by Crippen LogP contribution is 2.27. The molecule has 0 aliphatic carbocycles. The van der Waals surface area contributed by atoms with Crippen LogP contribution in [0.4, 0.5) is 18.9 Å². The highest BCUT2D eigenvalue weighted by Gasteiger charge is 2.34. The summed E-state index contributed by atoms with van der Waals surface area (Å²) in [4.78, 5) is 17.5. The van der Waals surface area contributed by atoms with Crippen LogP contribution in [-0.4, -0.2) is 53.3 Å². The summed E-state index contributed by atoms with van der Waals surface area (Å²) in [5.41, 5.74) is 0.734. The smallest absolute Gasteiger partial charge is 0.310 e. The maximum Gasteiger partial charge on any atom is 0.389 e. The highest BCUT2D eigenvalue weighted by atomic mass is 35.5. The van der Waals surface area contributed by atoms with Crippen molar-refractivity contribution in [1.29, 1.82) is 0 Å². The summed E-state index contributed by atoms with van der Waals surface area (Å²) in [6.45, 7) is 1.14. The molecule has 0 aliphatic rings. The fourth-order valence-corrected chi connectivity index (χ4v) is 4.01. The molecule has 0 radical (unpaired) electrons. The summed E-state index contributed by atoms with van der Waals surface area (Å²) in [5.74, 6) is -1.56. The van der Waals surface area contributed by atoms with Gasteiger partial charge in [0.25, 0.3) is 0 Å². The minimum Gasteiger partial charge on any atom is -0.310 e. The quantitative estimate of drug-likeness (QED) is 0.663. The minimum atomic E-state index is -4.45. The fourth-order valence-electron chi connectivity index (χ4n) is 2.39. The van der Waals surface area contributed by atoms with Gasteiger partial charge in [0.15, 0.2) is 15.0 Å². The molecule has 2 aromatic rings. The van der Waals surface area contributed by atoms with E-state index in [1.165, 1.54) is 24.1 Å². The monoisotopic (exact) mass is 438 g/mol. The number of rotatable bonds is 7. The molecule has 1 atom stereocenters. The molecule has 7 nitrogen and oxygen atoms in total. The molecule has 2 rings (SSSR count). The third-order valence-corrected chi connectivity index (χ3v) is 6.44. The number of pyridine rings is 1. The number of halogens is 4. The molecule has 2 aromatic heterocycles. The first-order valence-electron chi connectivity index (χ1n) is 8.14. The molecule has 0 saturated heterocycles. The Bertz CT molecular complexity index is 932. The molecule has 12 heteroatoms. The molecule has 154 valence electrons. The van der Waals surface area contributed by atoms with E-state index in [1.807, 2.05) is 0 Å². The van der Waals surface area contributed by atoms with Gasteiger partial charge in [-0.05, 0) is 25.5 Å². The highest BCUT2D eigenvalue weighted by molar-refractivity contribution is 7.92. The number of aromatic nitrogens is 3. The van der Waals surface area contributed by atoms with Crippen LogP contribution in [0.1, 0.15) is 19.8 Å². The zero-order valence-electron chi connectivity index (χ0n) is 15.0. The molecule has 28 heavy (non-hydrogen) atoms. The van der Waals surface area contributed by atoms with Gasteiger partial charge in [0.2, 0.25) is 5.91 Å². The number of nitrogens with zero attached hydrogens (tertiary/aromatic N) is 4. The Balaban J connectivity index is 2.14.